The second kappa shape index (κ2) is 8.06. The summed E-state index contributed by atoms with van der Waals surface area (Å²) in [6.45, 7) is 6.70. The van der Waals surface area contributed by atoms with Gasteiger partial charge >= 0.3 is 0 Å². The summed E-state index contributed by atoms with van der Waals surface area (Å²) in [5, 5.41) is 8.12. The van der Waals surface area contributed by atoms with Gasteiger partial charge in [-0.25, -0.2) is 4.68 Å². The molecule has 1 amide bonds. The Hall–Kier alpha value is -2.18. The van der Waals surface area contributed by atoms with Gasteiger partial charge in [-0.2, -0.15) is 5.10 Å². The van der Waals surface area contributed by atoms with Gasteiger partial charge in [-0.3, -0.25) is 15.6 Å². The molecule has 1 aromatic heterocycles. The van der Waals surface area contributed by atoms with Crippen LogP contribution in [-0.4, -0.2) is 27.8 Å². The van der Waals surface area contributed by atoms with Gasteiger partial charge in [-0.1, -0.05) is 44.9 Å². The topological polar surface area (TPSA) is 71.0 Å². The smallest absolute Gasteiger partial charge is 0.222 e. The molecule has 0 spiro atoms. The summed E-state index contributed by atoms with van der Waals surface area (Å²) in [5.41, 5.74) is 11.7. The Labute approximate surface area is 185 Å². The molecule has 0 bridgehead atoms. The van der Waals surface area contributed by atoms with Crippen molar-refractivity contribution >= 4 is 5.91 Å². The molecule has 4 atom stereocenters. The molecule has 5 rings (SSSR count). The lowest BCUT2D eigenvalue weighted by Crippen LogP contribution is -2.41. The summed E-state index contributed by atoms with van der Waals surface area (Å²) < 4.78 is 2.08. The summed E-state index contributed by atoms with van der Waals surface area (Å²) in [5.74, 6) is 0.712. The Morgan fingerprint density at radius 2 is 2.03 bits per heavy atom. The minimum atomic E-state index is 0.0144. The second-order valence-electron chi connectivity index (χ2n) is 10.6. The monoisotopic (exact) mass is 421 g/mol. The maximum absolute atomic E-state index is 13.1. The fourth-order valence-corrected chi connectivity index (χ4v) is 5.98. The molecule has 1 aliphatic heterocycles. The van der Waals surface area contributed by atoms with Gasteiger partial charge < -0.3 is 5.32 Å². The molecule has 1 saturated carbocycles. The number of aryl methyl sites for hydroxylation is 1. The Morgan fingerprint density at radius 3 is 2.87 bits per heavy atom. The first-order chi connectivity index (χ1) is 14.9. The Morgan fingerprint density at radius 1 is 1.23 bits per heavy atom. The van der Waals surface area contributed by atoms with E-state index in [0.29, 0.717) is 18.4 Å². The van der Waals surface area contributed by atoms with Crippen molar-refractivity contribution in [2.24, 2.45) is 11.3 Å². The number of hydrogen-bond donors (Lipinski definition) is 3. The Kier molecular flexibility index (Phi) is 5.39. The first-order valence-corrected chi connectivity index (χ1v) is 11.8. The molecule has 6 heteroatoms. The zero-order chi connectivity index (χ0) is 21.6. The standard InChI is InChI=1S/C25H35N5O/c1-16-8-4-7-11-22(16)30-23-14-25(2,3)13-21(18(23)15-26-30)27-24(31)12-20-17-9-5-6-10-19(17)28-29-20/h4,7-8,11,15,17,19-21,28-29H,5-6,9-10,12-14H2,1-3H3,(H,27,31). The van der Waals surface area contributed by atoms with Crippen molar-refractivity contribution in [1.29, 1.82) is 0 Å². The number of fused-ring (bicyclic) bond motifs is 2. The SMILES string of the molecule is Cc1ccccc1-n1ncc2c1CC(C)(C)CC2NC(=O)CC1NNC2CCCCC21. The van der Waals surface area contributed by atoms with Crippen molar-refractivity contribution in [3.8, 4) is 5.69 Å². The van der Waals surface area contributed by atoms with Gasteiger partial charge in [0.25, 0.3) is 0 Å². The number of para-hydroxylation sites is 1. The van der Waals surface area contributed by atoms with Crippen LogP contribution in [0.1, 0.15) is 75.2 Å². The van der Waals surface area contributed by atoms with Crippen LogP contribution in [0, 0.1) is 18.3 Å². The molecule has 2 aliphatic carbocycles. The van der Waals surface area contributed by atoms with Crippen molar-refractivity contribution in [2.75, 3.05) is 0 Å². The highest BCUT2D eigenvalue weighted by Gasteiger charge is 2.40. The number of amides is 1. The third-order valence-corrected chi connectivity index (χ3v) is 7.55. The van der Waals surface area contributed by atoms with Gasteiger partial charge in [0.1, 0.15) is 0 Å². The Bertz CT molecular complexity index is 965. The third kappa shape index (κ3) is 4.03. The molecular formula is C25H35N5O. The molecule has 166 valence electrons. The highest BCUT2D eigenvalue weighted by molar-refractivity contribution is 5.77. The minimum Gasteiger partial charge on any atom is -0.349 e. The quantitative estimate of drug-likeness (QED) is 0.703. The van der Waals surface area contributed by atoms with Crippen LogP contribution in [0.3, 0.4) is 0 Å². The van der Waals surface area contributed by atoms with E-state index >= 15 is 0 Å². The lowest BCUT2D eigenvalue weighted by Gasteiger charge is -2.36. The number of carbonyl (C=O) groups excluding carboxylic acids is 1. The summed E-state index contributed by atoms with van der Waals surface area (Å²) in [7, 11) is 0. The van der Waals surface area contributed by atoms with E-state index in [0.717, 1.165) is 18.5 Å². The summed E-state index contributed by atoms with van der Waals surface area (Å²) >= 11 is 0. The first-order valence-electron chi connectivity index (χ1n) is 11.8. The molecule has 0 radical (unpaired) electrons. The number of nitrogens with one attached hydrogen (secondary N) is 3. The molecule has 2 heterocycles. The van der Waals surface area contributed by atoms with E-state index < -0.39 is 0 Å². The van der Waals surface area contributed by atoms with Gasteiger partial charge in [0.2, 0.25) is 5.91 Å². The van der Waals surface area contributed by atoms with Crippen molar-refractivity contribution in [3.05, 3.63) is 47.3 Å². The van der Waals surface area contributed by atoms with E-state index in [9.17, 15) is 4.79 Å². The number of aromatic nitrogens is 2. The first kappa shape index (κ1) is 20.7. The van der Waals surface area contributed by atoms with E-state index in [1.807, 2.05) is 6.20 Å². The summed E-state index contributed by atoms with van der Waals surface area (Å²) in [6.07, 6.45) is 9.40. The lowest BCUT2D eigenvalue weighted by atomic mass is 9.74. The minimum absolute atomic E-state index is 0.0144. The molecule has 6 nitrogen and oxygen atoms in total. The number of hydrazine groups is 1. The highest BCUT2D eigenvalue weighted by Crippen LogP contribution is 2.41. The van der Waals surface area contributed by atoms with E-state index in [2.05, 4.69) is 65.9 Å². The Balaban J connectivity index is 1.35. The fraction of sp³-hybridized carbons (Fsp3) is 0.600. The molecule has 2 aromatic rings. The van der Waals surface area contributed by atoms with Crippen molar-refractivity contribution in [3.63, 3.8) is 0 Å². The second-order valence-corrected chi connectivity index (χ2v) is 10.6. The highest BCUT2D eigenvalue weighted by atomic mass is 16.1. The number of benzene rings is 1. The number of carbonyl (C=O) groups is 1. The van der Waals surface area contributed by atoms with Crippen LogP contribution in [0.25, 0.3) is 5.69 Å². The third-order valence-electron chi connectivity index (χ3n) is 7.55. The average Bonchev–Trinajstić information content (AvgIpc) is 3.32. The predicted octanol–water partition coefficient (Wildman–Crippen LogP) is 3.74. The van der Waals surface area contributed by atoms with E-state index in [1.165, 1.54) is 42.5 Å². The zero-order valence-corrected chi connectivity index (χ0v) is 18.9. The van der Waals surface area contributed by atoms with Gasteiger partial charge in [0, 0.05) is 24.1 Å². The van der Waals surface area contributed by atoms with Gasteiger partial charge in [-0.05, 0) is 55.6 Å². The molecule has 3 aliphatic rings. The maximum atomic E-state index is 13.1. The fourth-order valence-electron chi connectivity index (χ4n) is 5.98. The number of nitrogens with zero attached hydrogens (tertiary/aromatic N) is 2. The lowest BCUT2D eigenvalue weighted by molar-refractivity contribution is -0.122. The van der Waals surface area contributed by atoms with Crippen LogP contribution >= 0.6 is 0 Å². The zero-order valence-electron chi connectivity index (χ0n) is 18.9. The van der Waals surface area contributed by atoms with E-state index in [1.54, 1.807) is 0 Å². The maximum Gasteiger partial charge on any atom is 0.222 e. The molecule has 3 N–H and O–H groups in total. The average molecular weight is 422 g/mol. The van der Waals surface area contributed by atoms with E-state index in [-0.39, 0.29) is 23.4 Å². The largest absolute Gasteiger partial charge is 0.349 e. The molecular weight excluding hydrogens is 386 g/mol. The van der Waals surface area contributed by atoms with Crippen LogP contribution in [0.2, 0.25) is 0 Å². The normalized spacial score (nSPS) is 29.3. The predicted molar refractivity (Wildman–Crippen MR) is 122 cm³/mol. The van der Waals surface area contributed by atoms with Crippen LogP contribution < -0.4 is 16.2 Å². The summed E-state index contributed by atoms with van der Waals surface area (Å²) in [6, 6.07) is 9.14. The molecule has 4 unspecified atom stereocenters. The van der Waals surface area contributed by atoms with Gasteiger partial charge in [-0.15, -0.1) is 0 Å². The van der Waals surface area contributed by atoms with Crippen LogP contribution in [0.15, 0.2) is 30.5 Å². The van der Waals surface area contributed by atoms with E-state index in [4.69, 9.17) is 5.10 Å². The van der Waals surface area contributed by atoms with Gasteiger partial charge in [0.15, 0.2) is 0 Å². The van der Waals surface area contributed by atoms with Gasteiger partial charge in [0.05, 0.1) is 23.6 Å². The van der Waals surface area contributed by atoms with Crippen molar-refractivity contribution in [1.82, 2.24) is 25.9 Å². The summed E-state index contributed by atoms with van der Waals surface area (Å²) in [4.78, 5) is 13.1. The molecule has 1 saturated heterocycles. The molecule has 2 fully saturated rings. The van der Waals surface area contributed by atoms with Crippen molar-refractivity contribution < 1.29 is 4.79 Å². The van der Waals surface area contributed by atoms with Crippen LogP contribution in [0.5, 0.6) is 0 Å². The van der Waals surface area contributed by atoms with Crippen LogP contribution in [0.4, 0.5) is 0 Å². The number of rotatable bonds is 4. The van der Waals surface area contributed by atoms with Crippen LogP contribution in [-0.2, 0) is 11.2 Å². The van der Waals surface area contributed by atoms with Crippen molar-refractivity contribution in [2.45, 2.75) is 83.8 Å². The molecule has 31 heavy (non-hydrogen) atoms. The number of hydrogen-bond acceptors (Lipinski definition) is 4. The molecule has 1 aromatic carbocycles.